The van der Waals surface area contributed by atoms with Crippen molar-refractivity contribution in [2.45, 2.75) is 140 Å². The van der Waals surface area contributed by atoms with E-state index in [1.165, 1.54) is 0 Å². The summed E-state index contributed by atoms with van der Waals surface area (Å²) in [6.07, 6.45) is 7.25. The Hall–Kier alpha value is -6.89. The summed E-state index contributed by atoms with van der Waals surface area (Å²) in [6, 6.07) is 10.2. The number of aliphatic carboxylic acids is 4. The molecule has 0 saturated heterocycles. The predicted molar refractivity (Wildman–Crippen MR) is 287 cm³/mol. The number of ether oxygens (including phenoxy) is 2. The van der Waals surface area contributed by atoms with E-state index < -0.39 is 84.1 Å². The van der Waals surface area contributed by atoms with Crippen LogP contribution in [0.4, 0.5) is 0 Å². The second-order valence-corrected chi connectivity index (χ2v) is 17.5. The SMILES string of the molecule is CC(C)C[C@H](N)C(=O)OC(=O)[C@@H](N)Cc1ccccc1.N=C(N)NCCC[C@H](N)C(=O)O.N=C(N)NCCC[C@H](N)C(=O)O.NCCCC[C@H](N)C(=O)O.NCCCC[C@H](N)C(=O)Oc1ccc(C[C@H](N)C(=O)O)cc1. The molecule has 0 fully saturated rings. The highest BCUT2D eigenvalue weighted by Crippen LogP contribution is 2.15. The fraction of sp³-hybridized carbons (Fsp3) is 0.562. The molecule has 30 N–H and O–H groups in total. The number of carboxylic acid groups (broad SMARTS) is 4. The summed E-state index contributed by atoms with van der Waals surface area (Å²) in [6.45, 7) is 6.02. The minimum Gasteiger partial charge on any atom is -0.480 e. The number of esters is 3. The standard InChI is InChI=1S/C15H23N3O4.C15H22N2O3.2C6H14N4O2.C6H14N2O2/c16-8-2-1-3-12(17)15(21)22-11-6-4-10(5-7-11)9-13(18)14(19)20;1-10(2)8-12(16)14(18)20-15(19)13(17)9-11-6-4-3-5-7-11;2*7-4(5(11)12)2-1-3-10-6(8)9;7-4-2-1-3-5(8)6(9)10/h4-7,12-13H,1-3,8-9,16-18H2,(H,19,20);3-7,10,12-13H,8-9,16-17H2,1-2H3;2*4H,1-3,7H2,(H,11,12)(H4,8,9,10);5H,1-4,7-8H2,(H,9,10)/t2*12-,13-;2*4-;5-/m00000/s1. The van der Waals surface area contributed by atoms with E-state index in [2.05, 4.69) is 10.6 Å². The van der Waals surface area contributed by atoms with Crippen LogP contribution >= 0.6 is 0 Å². The molecule has 7 atom stereocenters. The highest BCUT2D eigenvalue weighted by atomic mass is 16.6. The molecule has 0 unspecified atom stereocenters. The van der Waals surface area contributed by atoms with Gasteiger partial charge in [-0.3, -0.25) is 30.0 Å². The first kappa shape index (κ1) is 73.4. The van der Waals surface area contributed by atoms with E-state index in [4.69, 9.17) is 104 Å². The number of guanidine groups is 2. The number of hydrogen-bond donors (Lipinski definition) is 19. The van der Waals surface area contributed by atoms with Gasteiger partial charge in [-0.05, 0) is 113 Å². The average Bonchev–Trinajstić information content (AvgIpc) is 3.35. The quantitative estimate of drug-likeness (QED) is 0.00990. The molecule has 0 aromatic heterocycles. The zero-order valence-electron chi connectivity index (χ0n) is 43.6. The van der Waals surface area contributed by atoms with E-state index in [0.717, 1.165) is 36.8 Å². The second-order valence-electron chi connectivity index (χ2n) is 17.5. The number of benzene rings is 2. The summed E-state index contributed by atoms with van der Waals surface area (Å²) >= 11 is 0. The van der Waals surface area contributed by atoms with Crippen molar-refractivity contribution in [3.8, 4) is 5.75 Å². The van der Waals surface area contributed by atoms with Gasteiger partial charge in [-0.15, -0.1) is 0 Å². The first-order chi connectivity index (χ1) is 35.6. The van der Waals surface area contributed by atoms with E-state index in [0.29, 0.717) is 83.3 Å². The molecule has 0 saturated carbocycles. The maximum atomic E-state index is 11.8. The molecule has 432 valence electrons. The van der Waals surface area contributed by atoms with E-state index >= 15 is 0 Å². The molecule has 0 amide bonds. The Morgan fingerprint density at radius 1 is 0.487 bits per heavy atom. The van der Waals surface area contributed by atoms with Crippen molar-refractivity contribution in [1.82, 2.24) is 10.6 Å². The summed E-state index contributed by atoms with van der Waals surface area (Å²) in [5.74, 6) is -5.54. The number of unbranched alkanes of at least 4 members (excludes halogenated alkanes) is 2. The Labute approximate surface area is 443 Å². The van der Waals surface area contributed by atoms with Crippen molar-refractivity contribution >= 4 is 53.7 Å². The molecule has 76 heavy (non-hydrogen) atoms. The monoisotopic (exact) mass is 1080 g/mol. The van der Waals surface area contributed by atoms with Crippen molar-refractivity contribution in [3.63, 3.8) is 0 Å². The largest absolute Gasteiger partial charge is 0.480 e. The molecular formula is C48H87N15O13. The van der Waals surface area contributed by atoms with E-state index in [1.54, 1.807) is 24.3 Å². The Bertz CT molecular complexity index is 1950. The number of nitrogens with one attached hydrogen (secondary N) is 4. The Kier molecular flexibility index (Phi) is 42.9. The van der Waals surface area contributed by atoms with Crippen LogP contribution in [-0.4, -0.2) is 143 Å². The van der Waals surface area contributed by atoms with Crippen LogP contribution in [0.1, 0.15) is 95.6 Å². The summed E-state index contributed by atoms with van der Waals surface area (Å²) in [5.41, 5.74) is 60.5. The topological polar surface area (TPSA) is 577 Å². The van der Waals surface area contributed by atoms with E-state index in [9.17, 15) is 33.6 Å². The lowest BCUT2D eigenvalue weighted by Crippen LogP contribution is -2.41. The summed E-state index contributed by atoms with van der Waals surface area (Å²) < 4.78 is 9.89. The maximum Gasteiger partial charge on any atom is 0.330 e. The lowest BCUT2D eigenvalue weighted by molar-refractivity contribution is -0.162. The first-order valence-corrected chi connectivity index (χ1v) is 24.5. The molecule has 0 bridgehead atoms. The van der Waals surface area contributed by atoms with Gasteiger partial charge in [0.1, 0.15) is 48.0 Å². The van der Waals surface area contributed by atoms with E-state index in [-0.39, 0.29) is 24.3 Å². The predicted octanol–water partition coefficient (Wildman–Crippen LogP) is -2.15. The summed E-state index contributed by atoms with van der Waals surface area (Å²) in [4.78, 5) is 76.4. The number of carboxylic acids is 4. The third kappa shape index (κ3) is 42.5. The molecule has 0 heterocycles. The number of nitrogens with two attached hydrogens (primary N) is 11. The van der Waals surface area contributed by atoms with Crippen LogP contribution in [0.2, 0.25) is 0 Å². The highest BCUT2D eigenvalue weighted by Gasteiger charge is 2.24. The fourth-order valence-corrected chi connectivity index (χ4v) is 5.63. The zero-order valence-corrected chi connectivity index (χ0v) is 43.6. The Balaban J connectivity index is -0.000000909. The van der Waals surface area contributed by atoms with Gasteiger partial charge in [-0.2, -0.15) is 0 Å². The average molecular weight is 1080 g/mol. The van der Waals surface area contributed by atoms with Crippen LogP contribution in [0.15, 0.2) is 54.6 Å². The molecule has 0 aliphatic heterocycles. The van der Waals surface area contributed by atoms with Crippen LogP contribution in [0.5, 0.6) is 5.75 Å². The van der Waals surface area contributed by atoms with Crippen LogP contribution in [0, 0.1) is 16.7 Å². The van der Waals surface area contributed by atoms with Gasteiger partial charge in [0.05, 0.1) is 0 Å². The lowest BCUT2D eigenvalue weighted by Gasteiger charge is -2.14. The Morgan fingerprint density at radius 2 is 0.855 bits per heavy atom. The fourth-order valence-electron chi connectivity index (χ4n) is 5.63. The van der Waals surface area contributed by atoms with Crippen LogP contribution in [0.3, 0.4) is 0 Å². The molecule has 0 radical (unpaired) electrons. The van der Waals surface area contributed by atoms with Crippen molar-refractivity contribution in [2.75, 3.05) is 26.2 Å². The third-order valence-electron chi connectivity index (χ3n) is 9.95. The zero-order chi connectivity index (χ0) is 58.8. The minimum atomic E-state index is -1.06. The van der Waals surface area contributed by atoms with Crippen molar-refractivity contribution < 1.29 is 63.5 Å². The van der Waals surface area contributed by atoms with Crippen LogP contribution in [-0.2, 0) is 51.1 Å². The van der Waals surface area contributed by atoms with Crippen molar-refractivity contribution in [1.29, 1.82) is 10.8 Å². The van der Waals surface area contributed by atoms with Gasteiger partial charge in [0.15, 0.2) is 11.9 Å². The first-order valence-electron chi connectivity index (χ1n) is 24.5. The maximum absolute atomic E-state index is 11.8. The molecule has 0 spiro atoms. The molecule has 2 aromatic carbocycles. The second kappa shape index (κ2) is 44.4. The molecular weight excluding hydrogens is 995 g/mol. The van der Waals surface area contributed by atoms with E-state index in [1.807, 2.05) is 44.2 Å². The van der Waals surface area contributed by atoms with Crippen LogP contribution < -0.4 is 78.4 Å². The van der Waals surface area contributed by atoms with Gasteiger partial charge < -0.3 is 104 Å². The minimum absolute atomic E-state index is 0.112. The molecule has 0 aliphatic carbocycles. The van der Waals surface area contributed by atoms with Crippen molar-refractivity contribution in [2.24, 2.45) is 69.0 Å². The summed E-state index contributed by atoms with van der Waals surface area (Å²) in [7, 11) is 0. The normalized spacial score (nSPS) is 13.1. The number of rotatable bonds is 30. The van der Waals surface area contributed by atoms with Gasteiger partial charge >= 0.3 is 41.8 Å². The number of carbonyl (C=O) groups excluding carboxylic acids is 3. The van der Waals surface area contributed by atoms with Gasteiger partial charge in [0.2, 0.25) is 0 Å². The smallest absolute Gasteiger partial charge is 0.330 e. The highest BCUT2D eigenvalue weighted by molar-refractivity contribution is 5.90. The Morgan fingerprint density at radius 3 is 1.24 bits per heavy atom. The van der Waals surface area contributed by atoms with Crippen LogP contribution in [0.25, 0.3) is 0 Å². The van der Waals surface area contributed by atoms with Gasteiger partial charge in [0, 0.05) is 13.1 Å². The summed E-state index contributed by atoms with van der Waals surface area (Å²) in [5, 5.41) is 52.5. The molecule has 2 aromatic rings. The van der Waals surface area contributed by atoms with Gasteiger partial charge in [0.25, 0.3) is 0 Å². The third-order valence-corrected chi connectivity index (χ3v) is 9.95. The molecule has 28 heteroatoms. The van der Waals surface area contributed by atoms with Crippen molar-refractivity contribution in [3.05, 3.63) is 65.7 Å². The number of carbonyl (C=O) groups is 7. The number of hydrogen-bond acceptors (Lipinski definition) is 20. The van der Waals surface area contributed by atoms with Gasteiger partial charge in [-0.25, -0.2) is 14.4 Å². The lowest BCUT2D eigenvalue weighted by atomic mass is 10.0. The molecule has 2 rings (SSSR count). The molecule has 0 aliphatic rings. The molecule has 28 nitrogen and oxygen atoms in total. The van der Waals surface area contributed by atoms with Gasteiger partial charge in [-0.1, -0.05) is 69.2 Å².